The van der Waals surface area contributed by atoms with Crippen LogP contribution >= 0.6 is 0 Å². The molecule has 246 valence electrons. The average Bonchev–Trinajstić information content (AvgIpc) is 3.83. The van der Waals surface area contributed by atoms with Gasteiger partial charge in [-0.25, -0.2) is 4.39 Å². The molecule has 52 heavy (non-hydrogen) atoms. The summed E-state index contributed by atoms with van der Waals surface area (Å²) in [5, 5.41) is 4.74. The lowest BCUT2D eigenvalue weighted by molar-refractivity contribution is 0.563. The molecule has 2 nitrogen and oxygen atoms in total. The second-order valence-electron chi connectivity index (χ2n) is 14.4. The molecular weight excluding hydrogens is 636 g/mol. The van der Waals surface area contributed by atoms with Gasteiger partial charge < -0.3 is 9.47 Å². The van der Waals surface area contributed by atoms with Crippen LogP contribution in [0.5, 0.6) is 0 Å². The van der Waals surface area contributed by atoms with Crippen molar-refractivity contribution in [2.75, 3.05) is 4.90 Å². The highest BCUT2D eigenvalue weighted by molar-refractivity contribution is 6.10. The third-order valence-corrected chi connectivity index (χ3v) is 11.6. The molecule has 0 saturated heterocycles. The number of nitrogens with zero attached hydrogens (tertiary/aromatic N) is 2. The second-order valence-corrected chi connectivity index (χ2v) is 14.4. The van der Waals surface area contributed by atoms with E-state index in [1.807, 2.05) is 12.1 Å². The molecule has 0 amide bonds. The highest BCUT2D eigenvalue weighted by Crippen LogP contribution is 2.56. The molecule has 9 aromatic rings. The number of para-hydroxylation sites is 1. The van der Waals surface area contributed by atoms with Gasteiger partial charge in [0.1, 0.15) is 5.82 Å². The molecule has 1 spiro atoms. The number of anilines is 3. The van der Waals surface area contributed by atoms with Crippen molar-refractivity contribution in [2.24, 2.45) is 0 Å². The van der Waals surface area contributed by atoms with Crippen LogP contribution in [-0.4, -0.2) is 4.57 Å². The van der Waals surface area contributed by atoms with Crippen LogP contribution in [-0.2, 0) is 18.3 Å². The van der Waals surface area contributed by atoms with E-state index in [0.717, 1.165) is 52.0 Å². The summed E-state index contributed by atoms with van der Waals surface area (Å²) < 4.78 is 16.4. The number of halogens is 1. The molecule has 8 aromatic carbocycles. The Hall–Kier alpha value is -6.45. The van der Waals surface area contributed by atoms with Gasteiger partial charge in [-0.2, -0.15) is 0 Å². The zero-order valence-electron chi connectivity index (χ0n) is 28.4. The Morgan fingerprint density at radius 1 is 0.462 bits per heavy atom. The minimum atomic E-state index is -0.241. The van der Waals surface area contributed by atoms with Crippen LogP contribution in [0.1, 0.15) is 22.3 Å². The largest absolute Gasteiger partial charge is 0.310 e. The highest BCUT2D eigenvalue weighted by atomic mass is 19.1. The predicted octanol–water partition coefficient (Wildman–Crippen LogP) is 12.6. The first kappa shape index (κ1) is 29.3. The summed E-state index contributed by atoms with van der Waals surface area (Å²) in [4.78, 5) is 2.41. The van der Waals surface area contributed by atoms with E-state index < -0.39 is 0 Å². The fraction of sp³-hybridized carbons (Fsp3) is 0.0612. The van der Waals surface area contributed by atoms with Gasteiger partial charge in [0, 0.05) is 38.9 Å². The molecule has 0 saturated carbocycles. The summed E-state index contributed by atoms with van der Waals surface area (Å²) in [6.45, 7) is 0. The molecule has 1 aromatic heterocycles. The van der Waals surface area contributed by atoms with E-state index in [1.54, 1.807) is 12.1 Å². The van der Waals surface area contributed by atoms with Crippen LogP contribution in [0.3, 0.4) is 0 Å². The van der Waals surface area contributed by atoms with Crippen molar-refractivity contribution in [3.63, 3.8) is 0 Å². The molecule has 0 bridgehead atoms. The van der Waals surface area contributed by atoms with Crippen molar-refractivity contribution >= 4 is 49.6 Å². The maximum Gasteiger partial charge on any atom is 0.123 e. The second kappa shape index (κ2) is 11.0. The van der Waals surface area contributed by atoms with Gasteiger partial charge in [-0.1, -0.05) is 109 Å². The van der Waals surface area contributed by atoms with Crippen LogP contribution in [0.15, 0.2) is 176 Å². The monoisotopic (exact) mass is 668 g/mol. The van der Waals surface area contributed by atoms with E-state index in [0.29, 0.717) is 0 Å². The van der Waals surface area contributed by atoms with Crippen molar-refractivity contribution in [2.45, 2.75) is 18.3 Å². The molecule has 0 radical (unpaired) electrons. The lowest BCUT2D eigenvalue weighted by Crippen LogP contribution is -2.26. The lowest BCUT2D eigenvalue weighted by atomic mass is 9.75. The topological polar surface area (TPSA) is 8.17 Å². The fourth-order valence-electron chi connectivity index (χ4n) is 9.31. The molecule has 11 rings (SSSR count). The zero-order valence-corrected chi connectivity index (χ0v) is 28.4. The number of hydrogen-bond acceptors (Lipinski definition) is 1. The van der Waals surface area contributed by atoms with Crippen LogP contribution in [0.25, 0.3) is 49.4 Å². The van der Waals surface area contributed by atoms with E-state index in [-0.39, 0.29) is 11.2 Å². The molecule has 1 heterocycles. The van der Waals surface area contributed by atoms with E-state index in [1.165, 1.54) is 49.5 Å². The Morgan fingerprint density at radius 2 is 1.08 bits per heavy atom. The van der Waals surface area contributed by atoms with Crippen molar-refractivity contribution in [1.29, 1.82) is 0 Å². The van der Waals surface area contributed by atoms with Gasteiger partial charge in [-0.15, -0.1) is 0 Å². The highest BCUT2D eigenvalue weighted by Gasteiger charge is 2.47. The Labute approximate surface area is 301 Å². The Kier molecular flexibility index (Phi) is 6.21. The molecular formula is C49H33FN2. The van der Waals surface area contributed by atoms with Crippen LogP contribution in [0.4, 0.5) is 21.5 Å². The number of aromatic nitrogens is 1. The van der Waals surface area contributed by atoms with Gasteiger partial charge in [0.25, 0.3) is 0 Å². The Balaban J connectivity index is 1.16. The number of hydrogen-bond donors (Lipinski definition) is 0. The van der Waals surface area contributed by atoms with Crippen LogP contribution < -0.4 is 4.90 Å². The minimum Gasteiger partial charge on any atom is -0.310 e. The van der Waals surface area contributed by atoms with Gasteiger partial charge in [-0.05, 0) is 124 Å². The quantitative estimate of drug-likeness (QED) is 0.181. The van der Waals surface area contributed by atoms with Crippen molar-refractivity contribution < 1.29 is 4.39 Å². The van der Waals surface area contributed by atoms with Gasteiger partial charge in [0.2, 0.25) is 0 Å². The van der Waals surface area contributed by atoms with Crippen LogP contribution in [0, 0.1) is 5.82 Å². The first-order valence-electron chi connectivity index (χ1n) is 18.0. The summed E-state index contributed by atoms with van der Waals surface area (Å²) in [5.74, 6) is -0.241. The van der Waals surface area contributed by atoms with Gasteiger partial charge in [-0.3, -0.25) is 0 Å². The molecule has 0 aliphatic heterocycles. The van der Waals surface area contributed by atoms with Crippen molar-refractivity contribution in [3.8, 4) is 16.8 Å². The number of benzene rings is 8. The smallest absolute Gasteiger partial charge is 0.123 e. The Bertz CT molecular complexity index is 2860. The molecule has 2 aliphatic rings. The Morgan fingerprint density at radius 3 is 1.92 bits per heavy atom. The molecule has 0 atom stereocenters. The lowest BCUT2D eigenvalue weighted by Gasteiger charge is -2.30. The first-order valence-corrected chi connectivity index (χ1v) is 18.0. The van der Waals surface area contributed by atoms with Crippen molar-refractivity contribution in [1.82, 2.24) is 4.57 Å². The molecule has 3 heteroatoms. The summed E-state index contributed by atoms with van der Waals surface area (Å²) in [7, 11) is 0. The maximum absolute atomic E-state index is 14.2. The van der Waals surface area contributed by atoms with Gasteiger partial charge in [0.05, 0.1) is 11.0 Å². The third kappa shape index (κ3) is 4.23. The average molecular weight is 669 g/mol. The number of rotatable bonds is 4. The first-order chi connectivity index (χ1) is 25.6. The molecule has 0 unspecified atom stereocenters. The number of fused-ring (bicyclic) bond motifs is 10. The fourth-order valence-corrected chi connectivity index (χ4v) is 9.31. The molecule has 2 aliphatic carbocycles. The molecule has 0 fully saturated rings. The van der Waals surface area contributed by atoms with E-state index in [9.17, 15) is 4.39 Å². The zero-order chi connectivity index (χ0) is 34.4. The summed E-state index contributed by atoms with van der Waals surface area (Å²) in [6.07, 6.45) is 1.99. The van der Waals surface area contributed by atoms with Gasteiger partial charge >= 0.3 is 0 Å². The standard InChI is InChI=1S/C49H33FN2/c50-36-18-21-37(22-19-36)52-47-16-8-6-14-43(47)44-26-24-40(29-48(44)52)51(38-20-17-32-9-1-2-10-33(32)27-38)39-23-25-42-41-13-5-7-15-45(41)49(46(42)28-39)30-34-11-3-4-12-35(34)31-49/h1-29H,30-31H2. The molecule has 0 N–H and O–H groups in total. The van der Waals surface area contributed by atoms with Crippen LogP contribution in [0.2, 0.25) is 0 Å². The summed E-state index contributed by atoms with van der Waals surface area (Å²) in [5.41, 5.74) is 14.7. The third-order valence-electron chi connectivity index (χ3n) is 11.6. The van der Waals surface area contributed by atoms with Crippen molar-refractivity contribution in [3.05, 3.63) is 204 Å². The van der Waals surface area contributed by atoms with E-state index in [2.05, 4.69) is 161 Å². The SMILES string of the molecule is Fc1ccc(-n2c3ccccc3c3ccc(N(c4ccc5c(c4)C4(Cc6ccccc6C4)c4ccccc4-5)c4ccc5ccccc5c4)cc32)cc1. The summed E-state index contributed by atoms with van der Waals surface area (Å²) in [6, 6.07) is 62.6. The minimum absolute atomic E-state index is 0.111. The summed E-state index contributed by atoms with van der Waals surface area (Å²) >= 11 is 0. The maximum atomic E-state index is 14.2. The van der Waals surface area contributed by atoms with Gasteiger partial charge in [0.15, 0.2) is 0 Å². The normalized spacial score (nSPS) is 13.9. The van der Waals surface area contributed by atoms with E-state index in [4.69, 9.17) is 0 Å². The van der Waals surface area contributed by atoms with E-state index >= 15 is 0 Å². The predicted molar refractivity (Wildman–Crippen MR) is 213 cm³/mol.